The number of hydrogen-bond acceptors (Lipinski definition) is 2. The van der Waals surface area contributed by atoms with Crippen LogP contribution in [0.2, 0.25) is 0 Å². The van der Waals surface area contributed by atoms with Crippen LogP contribution in [0.4, 0.5) is 14.5 Å². The third-order valence-corrected chi connectivity index (χ3v) is 2.79. The van der Waals surface area contributed by atoms with Crippen molar-refractivity contribution in [2.75, 3.05) is 5.73 Å². The Labute approximate surface area is 77.2 Å². The maximum atomic E-state index is 12.1. The molecule has 1 aromatic carbocycles. The van der Waals surface area contributed by atoms with E-state index in [1.807, 2.05) is 0 Å². The molecule has 1 atom stereocenters. The Morgan fingerprint density at radius 1 is 1.46 bits per heavy atom. The van der Waals surface area contributed by atoms with Gasteiger partial charge < -0.3 is 5.73 Å². The van der Waals surface area contributed by atoms with Gasteiger partial charge in [-0.25, -0.2) is 4.21 Å². The lowest BCUT2D eigenvalue weighted by Crippen LogP contribution is -2.04. The second-order valence-electron chi connectivity index (χ2n) is 2.58. The van der Waals surface area contributed by atoms with Crippen molar-refractivity contribution in [1.29, 1.82) is 0 Å². The lowest BCUT2D eigenvalue weighted by molar-refractivity contribution is 0.244. The third-order valence-electron chi connectivity index (χ3n) is 1.58. The molecule has 72 valence electrons. The molecule has 0 fully saturated rings. The highest BCUT2D eigenvalue weighted by Crippen LogP contribution is 2.19. The number of halogens is 2. The van der Waals surface area contributed by atoms with E-state index in [-0.39, 0.29) is 4.90 Å². The SMILES string of the molecule is Cc1cc(N)ccc1S(=O)C(F)F. The minimum Gasteiger partial charge on any atom is -0.399 e. The van der Waals surface area contributed by atoms with E-state index in [0.717, 1.165) is 0 Å². The zero-order valence-electron chi connectivity index (χ0n) is 6.96. The van der Waals surface area contributed by atoms with E-state index in [0.29, 0.717) is 11.3 Å². The Morgan fingerprint density at radius 3 is 2.54 bits per heavy atom. The first kappa shape index (κ1) is 10.1. The van der Waals surface area contributed by atoms with Gasteiger partial charge in [-0.3, -0.25) is 0 Å². The first-order chi connectivity index (χ1) is 6.02. The van der Waals surface area contributed by atoms with Gasteiger partial charge in [0.05, 0.1) is 0 Å². The van der Waals surface area contributed by atoms with Gasteiger partial charge in [0.1, 0.15) is 10.8 Å². The fourth-order valence-corrected chi connectivity index (χ4v) is 1.76. The molecule has 2 N–H and O–H groups in total. The summed E-state index contributed by atoms with van der Waals surface area (Å²) in [7, 11) is -2.24. The number of nitrogens with two attached hydrogens (primary N) is 1. The quantitative estimate of drug-likeness (QED) is 0.749. The number of benzene rings is 1. The van der Waals surface area contributed by atoms with Crippen LogP contribution in [0.25, 0.3) is 0 Å². The van der Waals surface area contributed by atoms with Crippen LogP contribution >= 0.6 is 0 Å². The van der Waals surface area contributed by atoms with E-state index in [1.165, 1.54) is 18.2 Å². The summed E-state index contributed by atoms with van der Waals surface area (Å²) in [5, 5.41) is 0. The number of rotatable bonds is 2. The van der Waals surface area contributed by atoms with E-state index < -0.39 is 16.6 Å². The number of aryl methyl sites for hydroxylation is 1. The average molecular weight is 205 g/mol. The summed E-state index contributed by atoms with van der Waals surface area (Å²) in [5.74, 6) is -2.85. The zero-order chi connectivity index (χ0) is 10.0. The van der Waals surface area contributed by atoms with E-state index in [4.69, 9.17) is 5.73 Å². The standard InChI is InChI=1S/C8H9F2NOS/c1-5-4-6(11)2-3-7(5)13(12)8(9)10/h2-4,8H,11H2,1H3. The van der Waals surface area contributed by atoms with Gasteiger partial charge in [-0.15, -0.1) is 0 Å². The molecule has 0 aliphatic carbocycles. The molecule has 0 aliphatic rings. The minimum absolute atomic E-state index is 0.143. The number of anilines is 1. The highest BCUT2D eigenvalue weighted by molar-refractivity contribution is 7.85. The van der Waals surface area contributed by atoms with Crippen molar-refractivity contribution >= 4 is 16.5 Å². The Hall–Kier alpha value is -0.970. The van der Waals surface area contributed by atoms with Crippen LogP contribution < -0.4 is 5.73 Å². The Morgan fingerprint density at radius 2 is 2.08 bits per heavy atom. The predicted octanol–water partition coefficient (Wildman–Crippen LogP) is 1.91. The van der Waals surface area contributed by atoms with Gasteiger partial charge in [-0.05, 0) is 30.7 Å². The molecule has 0 amide bonds. The van der Waals surface area contributed by atoms with Gasteiger partial charge in [0, 0.05) is 10.6 Å². The van der Waals surface area contributed by atoms with Crippen molar-refractivity contribution in [1.82, 2.24) is 0 Å². The summed E-state index contributed by atoms with van der Waals surface area (Å²) >= 11 is 0. The largest absolute Gasteiger partial charge is 0.399 e. The molecule has 1 rings (SSSR count). The highest BCUT2D eigenvalue weighted by Gasteiger charge is 2.17. The molecular formula is C8H9F2NOS. The van der Waals surface area contributed by atoms with Gasteiger partial charge in [0.15, 0.2) is 0 Å². The molecule has 0 spiro atoms. The van der Waals surface area contributed by atoms with Gasteiger partial charge in [0.2, 0.25) is 0 Å². The molecule has 0 aliphatic heterocycles. The van der Waals surface area contributed by atoms with Crippen LogP contribution in [0.1, 0.15) is 5.56 Å². The topological polar surface area (TPSA) is 43.1 Å². The predicted molar refractivity (Wildman–Crippen MR) is 48.0 cm³/mol. The monoisotopic (exact) mass is 205 g/mol. The van der Waals surface area contributed by atoms with E-state index in [1.54, 1.807) is 6.92 Å². The molecule has 0 saturated carbocycles. The van der Waals surface area contributed by atoms with Crippen molar-refractivity contribution in [3.63, 3.8) is 0 Å². The highest BCUT2D eigenvalue weighted by atomic mass is 32.2. The van der Waals surface area contributed by atoms with E-state index >= 15 is 0 Å². The maximum Gasteiger partial charge on any atom is 0.316 e. The molecule has 0 bridgehead atoms. The van der Waals surface area contributed by atoms with Gasteiger partial charge >= 0.3 is 5.76 Å². The summed E-state index contributed by atoms with van der Waals surface area (Å²) in [4.78, 5) is 0.143. The van der Waals surface area contributed by atoms with Crippen molar-refractivity contribution in [2.45, 2.75) is 17.6 Å². The molecule has 1 unspecified atom stereocenters. The summed E-state index contributed by atoms with van der Waals surface area (Å²) in [5.41, 5.74) is 6.42. The second-order valence-corrected chi connectivity index (χ2v) is 3.97. The molecule has 0 radical (unpaired) electrons. The van der Waals surface area contributed by atoms with Gasteiger partial charge in [0.25, 0.3) is 0 Å². The molecule has 0 heterocycles. The minimum atomic E-state index is -2.85. The first-order valence-electron chi connectivity index (χ1n) is 3.57. The zero-order valence-corrected chi connectivity index (χ0v) is 7.78. The fraction of sp³-hybridized carbons (Fsp3) is 0.250. The molecule has 5 heteroatoms. The van der Waals surface area contributed by atoms with Gasteiger partial charge in [-0.1, -0.05) is 0 Å². The summed E-state index contributed by atoms with van der Waals surface area (Å²) in [6.07, 6.45) is 0. The molecule has 0 saturated heterocycles. The van der Waals surface area contributed by atoms with Crippen LogP contribution in [0.3, 0.4) is 0 Å². The number of nitrogen functional groups attached to an aromatic ring is 1. The van der Waals surface area contributed by atoms with Crippen LogP contribution in [-0.4, -0.2) is 9.97 Å². The van der Waals surface area contributed by atoms with E-state index in [9.17, 15) is 13.0 Å². The number of hydrogen-bond donors (Lipinski definition) is 1. The van der Waals surface area contributed by atoms with Crippen molar-refractivity contribution in [3.8, 4) is 0 Å². The fourth-order valence-electron chi connectivity index (χ4n) is 0.994. The molecular weight excluding hydrogens is 196 g/mol. The number of alkyl halides is 2. The molecule has 1 aromatic rings. The van der Waals surface area contributed by atoms with Crippen LogP contribution in [0.5, 0.6) is 0 Å². The maximum absolute atomic E-state index is 12.1. The van der Waals surface area contributed by atoms with Crippen LogP contribution in [-0.2, 0) is 10.8 Å². The third kappa shape index (κ3) is 2.24. The van der Waals surface area contributed by atoms with E-state index in [2.05, 4.69) is 0 Å². The summed E-state index contributed by atoms with van der Waals surface area (Å²) in [6.45, 7) is 1.60. The Balaban J connectivity index is 3.09. The second kappa shape index (κ2) is 3.83. The Kier molecular flexibility index (Phi) is 2.98. The van der Waals surface area contributed by atoms with Crippen molar-refractivity contribution in [2.24, 2.45) is 0 Å². The summed E-state index contributed by atoms with van der Waals surface area (Å²) in [6, 6.07) is 4.35. The lowest BCUT2D eigenvalue weighted by atomic mass is 10.2. The Bertz CT molecular complexity index is 341. The van der Waals surface area contributed by atoms with Crippen LogP contribution in [0, 0.1) is 6.92 Å². The molecule has 0 aromatic heterocycles. The average Bonchev–Trinajstić information content (AvgIpc) is 2.03. The smallest absolute Gasteiger partial charge is 0.316 e. The molecule has 2 nitrogen and oxygen atoms in total. The van der Waals surface area contributed by atoms with Crippen molar-refractivity contribution in [3.05, 3.63) is 23.8 Å². The molecule has 13 heavy (non-hydrogen) atoms. The normalized spacial score (nSPS) is 13.2. The lowest BCUT2D eigenvalue weighted by Gasteiger charge is -2.05. The first-order valence-corrected chi connectivity index (χ1v) is 4.78. The van der Waals surface area contributed by atoms with Crippen molar-refractivity contribution < 1.29 is 13.0 Å². The summed E-state index contributed by atoms with van der Waals surface area (Å²) < 4.78 is 35.1. The van der Waals surface area contributed by atoms with Gasteiger partial charge in [-0.2, -0.15) is 8.78 Å². The van der Waals surface area contributed by atoms with Crippen LogP contribution in [0.15, 0.2) is 23.1 Å².